The Morgan fingerprint density at radius 2 is 2.26 bits per heavy atom. The number of nitrogens with one attached hydrogen (secondary N) is 1. The normalized spacial score (nSPS) is 21.2. The van der Waals surface area contributed by atoms with Crippen LogP contribution in [0.15, 0.2) is 24.3 Å². The molecule has 1 aromatic carbocycles. The highest BCUT2D eigenvalue weighted by atomic mass is 19.3. The lowest BCUT2D eigenvalue weighted by Gasteiger charge is -2.31. The molecule has 0 unspecified atom stereocenters. The van der Waals surface area contributed by atoms with Crippen molar-refractivity contribution in [2.45, 2.75) is 18.9 Å². The summed E-state index contributed by atoms with van der Waals surface area (Å²) < 4.78 is 36.4. The van der Waals surface area contributed by atoms with Crippen molar-refractivity contribution < 1.29 is 27.8 Å². The fourth-order valence-electron chi connectivity index (χ4n) is 1.76. The molecule has 1 saturated heterocycles. The summed E-state index contributed by atoms with van der Waals surface area (Å²) in [6.45, 7) is 0.221. The van der Waals surface area contributed by atoms with Gasteiger partial charge in [-0.15, -0.1) is 0 Å². The van der Waals surface area contributed by atoms with Gasteiger partial charge < -0.3 is 14.8 Å². The van der Waals surface area contributed by atoms with Crippen LogP contribution in [0.25, 0.3) is 0 Å². The van der Waals surface area contributed by atoms with E-state index < -0.39 is 30.6 Å². The van der Waals surface area contributed by atoms with Gasteiger partial charge in [0.15, 0.2) is 6.61 Å². The fourth-order valence-corrected chi connectivity index (χ4v) is 1.76. The van der Waals surface area contributed by atoms with Crippen molar-refractivity contribution >= 4 is 12.1 Å². The monoisotopic (exact) mass is 271 g/mol. The first-order valence-electron chi connectivity index (χ1n) is 5.48. The third kappa shape index (κ3) is 2.98. The number of benzene rings is 1. The molecule has 7 heteroatoms. The summed E-state index contributed by atoms with van der Waals surface area (Å²) >= 11 is 0. The van der Waals surface area contributed by atoms with Gasteiger partial charge in [-0.1, -0.05) is 12.1 Å². The maximum absolute atomic E-state index is 13.7. The molecule has 2 rings (SSSR count). The standard InChI is InChI=1S/C12H11F2NO4/c1-7(16)19-9-4-2-3-8(5-9)10-12(13,14)6-18-11(17)15-10/h2-5,10H,6H2,1H3,(H,15,17)/t10-/m1/s1. The van der Waals surface area contributed by atoms with E-state index in [1.807, 2.05) is 0 Å². The third-order valence-electron chi connectivity index (χ3n) is 2.53. The maximum Gasteiger partial charge on any atom is 0.408 e. The van der Waals surface area contributed by atoms with Crippen LogP contribution in [0.2, 0.25) is 0 Å². The van der Waals surface area contributed by atoms with E-state index in [2.05, 4.69) is 10.1 Å². The molecule has 1 aromatic rings. The summed E-state index contributed by atoms with van der Waals surface area (Å²) in [5.74, 6) is -3.65. The summed E-state index contributed by atoms with van der Waals surface area (Å²) in [4.78, 5) is 21.9. The van der Waals surface area contributed by atoms with E-state index in [1.54, 1.807) is 0 Å². The molecule has 5 nitrogen and oxygen atoms in total. The second kappa shape index (κ2) is 4.83. The first kappa shape index (κ1) is 13.3. The number of cyclic esters (lactones) is 1. The van der Waals surface area contributed by atoms with Crippen LogP contribution in [0.4, 0.5) is 13.6 Å². The smallest absolute Gasteiger partial charge is 0.408 e. The second-order valence-electron chi connectivity index (χ2n) is 4.08. The van der Waals surface area contributed by atoms with E-state index in [9.17, 15) is 18.4 Å². The number of hydrogen-bond acceptors (Lipinski definition) is 4. The van der Waals surface area contributed by atoms with Gasteiger partial charge in [-0.25, -0.2) is 13.6 Å². The van der Waals surface area contributed by atoms with Gasteiger partial charge in [-0.2, -0.15) is 0 Å². The first-order chi connectivity index (χ1) is 8.88. The SMILES string of the molecule is CC(=O)Oc1cccc([C@H]2NC(=O)OCC2(F)F)c1. The van der Waals surface area contributed by atoms with E-state index in [1.165, 1.54) is 31.2 Å². The average molecular weight is 271 g/mol. The molecule has 1 amide bonds. The molecule has 0 spiro atoms. The van der Waals surface area contributed by atoms with Crippen LogP contribution in [0.3, 0.4) is 0 Å². The zero-order valence-corrected chi connectivity index (χ0v) is 9.98. The molecule has 0 aliphatic carbocycles. The fraction of sp³-hybridized carbons (Fsp3) is 0.333. The number of hydrogen-bond donors (Lipinski definition) is 1. The van der Waals surface area contributed by atoms with Crippen LogP contribution in [-0.2, 0) is 9.53 Å². The van der Waals surface area contributed by atoms with Crippen molar-refractivity contribution in [1.29, 1.82) is 0 Å². The topological polar surface area (TPSA) is 64.6 Å². The van der Waals surface area contributed by atoms with Gasteiger partial charge in [0, 0.05) is 6.92 Å². The largest absolute Gasteiger partial charge is 0.443 e. The average Bonchev–Trinajstić information content (AvgIpc) is 2.32. The number of alkyl halides is 2. The molecule has 0 aromatic heterocycles. The lowest BCUT2D eigenvalue weighted by molar-refractivity contribution is -0.131. The summed E-state index contributed by atoms with van der Waals surface area (Å²) in [6, 6.07) is 4.11. The molecule has 0 bridgehead atoms. The lowest BCUT2D eigenvalue weighted by atomic mass is 10.00. The molecular formula is C12H11F2NO4. The molecule has 0 saturated carbocycles. The molecule has 0 radical (unpaired) electrons. The van der Waals surface area contributed by atoms with E-state index in [0.29, 0.717) is 0 Å². The van der Waals surface area contributed by atoms with Crippen LogP contribution in [0.5, 0.6) is 5.75 Å². The van der Waals surface area contributed by atoms with Crippen molar-refractivity contribution in [1.82, 2.24) is 5.32 Å². The van der Waals surface area contributed by atoms with Crippen molar-refractivity contribution in [3.8, 4) is 5.75 Å². The minimum absolute atomic E-state index is 0.139. The predicted molar refractivity (Wildman–Crippen MR) is 59.9 cm³/mol. The number of rotatable bonds is 2. The van der Waals surface area contributed by atoms with Crippen LogP contribution in [0, 0.1) is 0 Å². The van der Waals surface area contributed by atoms with Gasteiger partial charge in [0.25, 0.3) is 0 Å². The van der Waals surface area contributed by atoms with E-state index in [0.717, 1.165) is 0 Å². The molecule has 1 N–H and O–H groups in total. The molecule has 1 heterocycles. The molecule has 1 aliphatic heterocycles. The highest BCUT2D eigenvalue weighted by Crippen LogP contribution is 2.35. The molecule has 1 atom stereocenters. The Morgan fingerprint density at radius 3 is 2.95 bits per heavy atom. The zero-order valence-electron chi connectivity index (χ0n) is 9.98. The quantitative estimate of drug-likeness (QED) is 0.660. The molecule has 1 aliphatic rings. The highest BCUT2D eigenvalue weighted by Gasteiger charge is 2.46. The number of ether oxygens (including phenoxy) is 2. The summed E-state index contributed by atoms with van der Waals surface area (Å²) in [5.41, 5.74) is 0.139. The van der Waals surface area contributed by atoms with Crippen LogP contribution >= 0.6 is 0 Å². The Morgan fingerprint density at radius 1 is 1.53 bits per heavy atom. The number of amides is 1. The molecular weight excluding hydrogens is 260 g/mol. The van der Waals surface area contributed by atoms with Gasteiger partial charge in [0.2, 0.25) is 0 Å². The minimum Gasteiger partial charge on any atom is -0.443 e. The number of halogens is 2. The minimum atomic E-state index is -3.23. The second-order valence-corrected chi connectivity index (χ2v) is 4.08. The third-order valence-corrected chi connectivity index (χ3v) is 2.53. The molecule has 1 fully saturated rings. The first-order valence-corrected chi connectivity index (χ1v) is 5.48. The Labute approximate surface area is 107 Å². The predicted octanol–water partition coefficient (Wildman–Crippen LogP) is 2.03. The van der Waals surface area contributed by atoms with E-state index in [-0.39, 0.29) is 11.3 Å². The summed E-state index contributed by atoms with van der Waals surface area (Å²) in [7, 11) is 0. The Hall–Kier alpha value is -2.18. The van der Waals surface area contributed by atoms with E-state index in [4.69, 9.17) is 4.74 Å². The Bertz CT molecular complexity index is 518. The van der Waals surface area contributed by atoms with Gasteiger partial charge in [0.05, 0.1) is 0 Å². The summed E-state index contributed by atoms with van der Waals surface area (Å²) in [6.07, 6.45) is -0.909. The maximum atomic E-state index is 13.7. The van der Waals surface area contributed by atoms with Gasteiger partial charge in [-0.3, -0.25) is 4.79 Å². The van der Waals surface area contributed by atoms with Gasteiger partial charge in [-0.05, 0) is 17.7 Å². The van der Waals surface area contributed by atoms with Crippen LogP contribution in [0.1, 0.15) is 18.5 Å². The Kier molecular flexibility index (Phi) is 3.37. The zero-order chi connectivity index (χ0) is 14.0. The van der Waals surface area contributed by atoms with Crippen LogP contribution < -0.4 is 10.1 Å². The van der Waals surface area contributed by atoms with Crippen molar-refractivity contribution in [3.05, 3.63) is 29.8 Å². The van der Waals surface area contributed by atoms with Gasteiger partial charge >= 0.3 is 18.0 Å². The van der Waals surface area contributed by atoms with E-state index >= 15 is 0 Å². The number of carbonyl (C=O) groups is 2. The Balaban J connectivity index is 2.29. The number of carbonyl (C=O) groups excluding carboxylic acids is 2. The van der Waals surface area contributed by atoms with Crippen LogP contribution in [-0.4, -0.2) is 24.6 Å². The molecule has 102 valence electrons. The summed E-state index contributed by atoms with van der Waals surface area (Å²) in [5, 5.41) is 2.05. The van der Waals surface area contributed by atoms with Crippen molar-refractivity contribution in [2.75, 3.05) is 6.61 Å². The lowest BCUT2D eigenvalue weighted by Crippen LogP contribution is -2.49. The van der Waals surface area contributed by atoms with Crippen molar-refractivity contribution in [2.24, 2.45) is 0 Å². The highest BCUT2D eigenvalue weighted by molar-refractivity contribution is 5.70. The number of alkyl carbamates (subject to hydrolysis) is 1. The molecule has 19 heavy (non-hydrogen) atoms. The number of esters is 1. The van der Waals surface area contributed by atoms with Crippen molar-refractivity contribution in [3.63, 3.8) is 0 Å². The van der Waals surface area contributed by atoms with Gasteiger partial charge in [0.1, 0.15) is 11.8 Å².